The molecule has 0 unspecified atom stereocenters. The third-order valence-electron chi connectivity index (χ3n) is 11.5. The lowest BCUT2D eigenvalue weighted by Gasteiger charge is -2.41. The van der Waals surface area contributed by atoms with E-state index in [0.717, 1.165) is 72.8 Å². The molecule has 0 aliphatic carbocycles. The van der Waals surface area contributed by atoms with E-state index in [-0.39, 0.29) is 0 Å². The first-order valence-corrected chi connectivity index (χ1v) is 21.4. The van der Waals surface area contributed by atoms with E-state index in [9.17, 15) is 0 Å². The molecule has 54 heavy (non-hydrogen) atoms. The van der Waals surface area contributed by atoms with Gasteiger partial charge < -0.3 is 4.90 Å². The zero-order valence-electron chi connectivity index (χ0n) is 29.7. The topological polar surface area (TPSA) is 47.7 Å². The van der Waals surface area contributed by atoms with E-state index in [1.165, 1.54) is 21.7 Å². The minimum Gasteiger partial charge on any atom is -0.311 e. The van der Waals surface area contributed by atoms with Crippen LogP contribution in [0.15, 0.2) is 164 Å². The van der Waals surface area contributed by atoms with E-state index in [2.05, 4.69) is 200 Å². The molecule has 0 bridgehead atoms. The highest BCUT2D eigenvalue weighted by molar-refractivity contribution is 7.02. The van der Waals surface area contributed by atoms with Crippen molar-refractivity contribution in [1.29, 1.82) is 0 Å². The van der Waals surface area contributed by atoms with E-state index in [1.54, 1.807) is 0 Å². The molecule has 8 heteroatoms. The number of anilines is 3. The van der Waals surface area contributed by atoms with Crippen molar-refractivity contribution in [2.45, 2.75) is 13.1 Å². The number of aromatic nitrogens is 6. The van der Waals surface area contributed by atoms with Crippen LogP contribution >= 0.6 is 0 Å². The standard InChI is InChI=1S/C46H33N7Si/c1-54(2)43-25-12-11-24-41(43)49(30-14-13-15-31(28-30)50-37-20-7-9-22-39(37)52-35-18-5-3-16-33(35)47-45(50)52)42-29-32(26-27-44(42)54)51-38-21-8-10-23-40(38)53-36-19-6-4-17-34(36)48-46(51)53/h3-29H,1-2H3. The zero-order valence-corrected chi connectivity index (χ0v) is 30.7. The van der Waals surface area contributed by atoms with Gasteiger partial charge in [-0.25, -0.2) is 9.97 Å². The van der Waals surface area contributed by atoms with Gasteiger partial charge in [0.25, 0.3) is 0 Å². The van der Waals surface area contributed by atoms with Crippen LogP contribution in [0.25, 0.3) is 67.1 Å². The number of imidazole rings is 4. The van der Waals surface area contributed by atoms with Crippen LogP contribution in [0.1, 0.15) is 0 Å². The Morgan fingerprint density at radius 3 is 1.50 bits per heavy atom. The van der Waals surface area contributed by atoms with Gasteiger partial charge in [0.05, 0.1) is 55.5 Å². The molecule has 5 heterocycles. The molecule has 0 amide bonds. The highest BCUT2D eigenvalue weighted by atomic mass is 28.3. The van der Waals surface area contributed by atoms with E-state index in [0.29, 0.717) is 0 Å². The number of para-hydroxylation sites is 9. The lowest BCUT2D eigenvalue weighted by atomic mass is 10.1. The summed E-state index contributed by atoms with van der Waals surface area (Å²) < 4.78 is 9.20. The molecule has 0 atom stereocenters. The van der Waals surface area contributed by atoms with E-state index in [1.807, 2.05) is 0 Å². The van der Waals surface area contributed by atoms with Gasteiger partial charge in [-0.1, -0.05) is 92.0 Å². The molecule has 4 aromatic heterocycles. The molecule has 1 aliphatic rings. The molecule has 0 spiro atoms. The van der Waals surface area contributed by atoms with Crippen LogP contribution in [0, 0.1) is 0 Å². The predicted molar refractivity (Wildman–Crippen MR) is 224 cm³/mol. The fraction of sp³-hybridized carbons (Fsp3) is 0.0435. The maximum atomic E-state index is 5.20. The number of nitrogens with zero attached hydrogens (tertiary/aromatic N) is 7. The van der Waals surface area contributed by atoms with Crippen LogP contribution in [-0.4, -0.2) is 36.0 Å². The Morgan fingerprint density at radius 1 is 0.389 bits per heavy atom. The normalized spacial score (nSPS) is 13.9. The number of fused-ring (bicyclic) bond motifs is 12. The number of hydrogen-bond acceptors (Lipinski definition) is 3. The molecule has 0 N–H and O–H groups in total. The molecule has 1 aliphatic heterocycles. The summed E-state index contributed by atoms with van der Waals surface area (Å²) in [5.41, 5.74) is 14.4. The fourth-order valence-corrected chi connectivity index (χ4v) is 12.1. The number of rotatable bonds is 3. The monoisotopic (exact) mass is 711 g/mol. The van der Waals surface area contributed by atoms with Crippen molar-refractivity contribution in [1.82, 2.24) is 27.9 Å². The SMILES string of the molecule is C[Si]1(C)c2ccccc2N(c2cccc(-n3c4ccccc4n4c5ccccc5nc34)c2)c2cc(-n3c4ccccc4n4c5ccccc5nc34)ccc21. The van der Waals surface area contributed by atoms with Crippen molar-refractivity contribution in [3.63, 3.8) is 0 Å². The quantitative estimate of drug-likeness (QED) is 0.172. The zero-order chi connectivity index (χ0) is 35.7. The smallest absolute Gasteiger partial charge is 0.220 e. The number of hydrogen-bond donors (Lipinski definition) is 0. The highest BCUT2D eigenvalue weighted by Crippen LogP contribution is 2.41. The summed E-state index contributed by atoms with van der Waals surface area (Å²) in [6, 6.07) is 59.1. The molecule has 0 saturated carbocycles. The minimum absolute atomic E-state index is 0.903. The summed E-state index contributed by atoms with van der Waals surface area (Å²) in [6.07, 6.45) is 0. The Hall–Kier alpha value is -6.90. The van der Waals surface area contributed by atoms with Crippen molar-refractivity contribution in [2.75, 3.05) is 4.90 Å². The van der Waals surface area contributed by atoms with Gasteiger partial charge in [0.15, 0.2) is 0 Å². The first kappa shape index (κ1) is 29.7. The van der Waals surface area contributed by atoms with Crippen LogP contribution in [0.5, 0.6) is 0 Å². The van der Waals surface area contributed by atoms with Gasteiger partial charge in [0.2, 0.25) is 11.6 Å². The molecule has 7 nitrogen and oxygen atoms in total. The molecule has 0 fully saturated rings. The first-order chi connectivity index (χ1) is 26.6. The van der Waals surface area contributed by atoms with Crippen molar-refractivity contribution in [3.05, 3.63) is 164 Å². The minimum atomic E-state index is -2.10. The van der Waals surface area contributed by atoms with Gasteiger partial charge in [-0.3, -0.25) is 17.9 Å². The van der Waals surface area contributed by atoms with Crippen LogP contribution < -0.4 is 15.3 Å². The first-order valence-electron chi connectivity index (χ1n) is 18.4. The summed E-state index contributed by atoms with van der Waals surface area (Å²) in [7, 11) is -2.10. The fourth-order valence-electron chi connectivity index (χ4n) is 9.10. The van der Waals surface area contributed by atoms with Gasteiger partial charge in [0.1, 0.15) is 8.07 Å². The maximum absolute atomic E-state index is 5.20. The molecule has 12 rings (SSSR count). The molecular weight excluding hydrogens is 679 g/mol. The van der Waals surface area contributed by atoms with Gasteiger partial charge in [-0.05, 0) is 95.3 Å². The Kier molecular flexibility index (Phi) is 5.81. The van der Waals surface area contributed by atoms with Gasteiger partial charge >= 0.3 is 0 Å². The lowest BCUT2D eigenvalue weighted by molar-refractivity contribution is 1.10. The Labute approximate surface area is 311 Å². The van der Waals surface area contributed by atoms with Crippen LogP contribution in [0.3, 0.4) is 0 Å². The van der Waals surface area contributed by atoms with Gasteiger partial charge in [-0.2, -0.15) is 0 Å². The highest BCUT2D eigenvalue weighted by Gasteiger charge is 2.39. The van der Waals surface area contributed by atoms with Crippen molar-refractivity contribution in [2.24, 2.45) is 0 Å². The average molecular weight is 712 g/mol. The van der Waals surface area contributed by atoms with E-state index < -0.39 is 8.07 Å². The van der Waals surface area contributed by atoms with Crippen LogP contribution in [-0.2, 0) is 0 Å². The summed E-state index contributed by atoms with van der Waals surface area (Å²) >= 11 is 0. The summed E-state index contributed by atoms with van der Waals surface area (Å²) in [5.74, 6) is 1.81. The second kappa shape index (κ2) is 10.6. The van der Waals surface area contributed by atoms with Gasteiger partial charge in [-0.15, -0.1) is 0 Å². The molecule has 256 valence electrons. The molecule has 0 saturated heterocycles. The third-order valence-corrected chi connectivity index (χ3v) is 15.1. The van der Waals surface area contributed by atoms with Crippen molar-refractivity contribution in [3.8, 4) is 11.4 Å². The Balaban J connectivity index is 1.11. The van der Waals surface area contributed by atoms with E-state index in [4.69, 9.17) is 9.97 Å². The van der Waals surface area contributed by atoms with Crippen LogP contribution in [0.2, 0.25) is 13.1 Å². The summed E-state index contributed by atoms with van der Waals surface area (Å²) in [4.78, 5) is 12.9. The number of benzene rings is 7. The van der Waals surface area contributed by atoms with Crippen LogP contribution in [0.4, 0.5) is 17.1 Å². The molecule has 7 aromatic carbocycles. The second-order valence-electron chi connectivity index (χ2n) is 14.8. The average Bonchev–Trinajstić information content (AvgIpc) is 3.94. The van der Waals surface area contributed by atoms with Crippen molar-refractivity contribution < 1.29 is 0 Å². The van der Waals surface area contributed by atoms with Crippen molar-refractivity contribution >= 4 is 91.2 Å². The maximum Gasteiger partial charge on any atom is 0.220 e. The predicted octanol–water partition coefficient (Wildman–Crippen LogP) is 9.78. The largest absolute Gasteiger partial charge is 0.311 e. The molecule has 11 aromatic rings. The third kappa shape index (κ3) is 3.84. The van der Waals surface area contributed by atoms with E-state index >= 15 is 0 Å². The molecular formula is C46H33N7Si. The Bertz CT molecular complexity index is 3340. The molecule has 0 radical (unpaired) electrons. The summed E-state index contributed by atoms with van der Waals surface area (Å²) in [5, 5.41) is 2.84. The van der Waals surface area contributed by atoms with Gasteiger partial charge in [0, 0.05) is 17.1 Å². The lowest BCUT2D eigenvalue weighted by Crippen LogP contribution is -2.58. The summed E-state index contributed by atoms with van der Waals surface area (Å²) in [6.45, 7) is 4.96. The second-order valence-corrected chi connectivity index (χ2v) is 19.1. The Morgan fingerprint density at radius 2 is 0.870 bits per heavy atom.